The number of Topliss-reactive ketones (excluding diaryl/α,β-unsaturated/α-hetero) is 1. The number of fused-ring (bicyclic) bond motifs is 2. The van der Waals surface area contributed by atoms with Gasteiger partial charge in [-0.25, -0.2) is 0 Å². The van der Waals surface area contributed by atoms with Crippen LogP contribution in [0, 0.1) is 89.8 Å². The second-order valence-electron chi connectivity index (χ2n) is 39.4. The fourth-order valence-corrected chi connectivity index (χ4v) is 15.2. The number of pyridine rings is 6. The maximum Gasteiger partial charge on any atom is 0.158 e. The standard InChI is InChI=1S/C27H26N.C22H24N.C21H20N.C18H14N.2C15H16N.C6H10O2.C5H8O2.4Ir/c1-18(2)12-23-17-27(24-14-19(3)13-20(4)15-24)28-26-11-10-22(16-25(23)26)21-8-6-5-7-9-21;1-14(2)8-18-13-22(19-10-16(4)9-17(5)11-19)23-21-7-6-15(3)12-20(18)21;1-21(2,3)19-12-13-20(22-15-19)18-11-7-10-17(14-18)16-8-5-4-6-9-16;1-14-10-11-18(19-13-14)17-9-5-8-16(12-17)15-6-3-2-4-7-15;2*1-15(2,3)13-9-10-14(16-11-13)12-7-5-4-6-8-12;1-4(5(2)7)6(3)8;1-4(6)3-5(2)7;;;;/h5-11,13-14,16-18H,12H2,1-4H3;6-7,9-10,12-14H,8H2,1-5H3;4-10,12-15H,1-3H3;2-8,10-13H,1H3;2*4-7,9-11H,1-3H3;7H,1-3H3;3,6H,1-2H3;;;;/q6*-1;;;;;;. The Balaban J connectivity index is 0.000000256. The molecule has 11 aromatic carbocycles. The second-order valence-corrected chi connectivity index (χ2v) is 39.4. The molecule has 0 aliphatic carbocycles. The van der Waals surface area contributed by atoms with Crippen molar-refractivity contribution in [1.82, 2.24) is 29.9 Å². The zero-order valence-corrected chi connectivity index (χ0v) is 96.6. The van der Waals surface area contributed by atoms with Crippen LogP contribution in [0.1, 0.15) is 186 Å². The zero-order chi connectivity index (χ0) is 101. The monoisotopic (exact) mass is 2600 g/mol. The number of carbonyl (C=O) groups excluding carboxylic acids is 2. The molecule has 14 heteroatoms. The Hall–Kier alpha value is -12.1. The Morgan fingerprint density at radius 3 is 0.965 bits per heavy atom. The summed E-state index contributed by atoms with van der Waals surface area (Å²) in [6.07, 6.45) is 11.0. The summed E-state index contributed by atoms with van der Waals surface area (Å²) in [6.45, 7) is 48.8. The molecule has 0 unspecified atom stereocenters. The van der Waals surface area contributed by atoms with Crippen molar-refractivity contribution in [2.24, 2.45) is 11.8 Å². The van der Waals surface area contributed by atoms with Gasteiger partial charge in [0.1, 0.15) is 0 Å². The molecule has 4 radical (unpaired) electrons. The van der Waals surface area contributed by atoms with Crippen molar-refractivity contribution >= 4 is 33.4 Å². The van der Waals surface area contributed by atoms with Gasteiger partial charge in [-0.1, -0.05) is 287 Å². The molecular weight excluding hydrogens is 2470 g/mol. The van der Waals surface area contributed by atoms with Crippen molar-refractivity contribution < 1.29 is 100 Å². The number of nitrogens with zero attached hydrogens (tertiary/aromatic N) is 6. The average molecular weight is 2600 g/mol. The molecule has 17 aromatic rings. The number of carbonyl (C=O) groups is 2. The molecule has 143 heavy (non-hydrogen) atoms. The average Bonchev–Trinajstić information content (AvgIpc) is 0.782. The Morgan fingerprint density at radius 2 is 0.664 bits per heavy atom. The zero-order valence-electron chi connectivity index (χ0n) is 87.0. The third-order valence-corrected chi connectivity index (χ3v) is 22.8. The van der Waals surface area contributed by atoms with Crippen LogP contribution in [0.15, 0.2) is 345 Å². The number of aryl methyl sites for hydroxylation is 6. The number of hydrogen-bond donors (Lipinski definition) is 2. The number of aliphatic hydroxyl groups is 2. The molecule has 0 aliphatic rings. The third kappa shape index (κ3) is 38.2. The Kier molecular flexibility index (Phi) is 48.0. The van der Waals surface area contributed by atoms with Gasteiger partial charge in [-0.15, -0.1) is 212 Å². The number of aliphatic hydroxyl groups excluding tert-OH is 2. The minimum Gasteiger partial charge on any atom is -0.512 e. The van der Waals surface area contributed by atoms with E-state index >= 15 is 0 Å². The molecule has 17 rings (SSSR count). The fourth-order valence-electron chi connectivity index (χ4n) is 15.2. The molecule has 0 atom stereocenters. The van der Waals surface area contributed by atoms with E-state index in [9.17, 15) is 9.59 Å². The normalized spacial score (nSPS) is 11.0. The topological polar surface area (TPSA) is 152 Å². The van der Waals surface area contributed by atoms with Crippen LogP contribution in [0.4, 0.5) is 0 Å². The molecule has 0 amide bonds. The van der Waals surface area contributed by atoms with E-state index in [1.54, 1.807) is 6.92 Å². The van der Waals surface area contributed by atoms with Gasteiger partial charge in [0.15, 0.2) is 11.6 Å². The first kappa shape index (κ1) is 120. The van der Waals surface area contributed by atoms with E-state index in [4.69, 9.17) is 20.2 Å². The van der Waals surface area contributed by atoms with Crippen molar-refractivity contribution in [3.63, 3.8) is 0 Å². The second kappa shape index (κ2) is 57.4. The molecule has 10 nitrogen and oxygen atoms in total. The minimum atomic E-state index is -0.125. The first-order valence-corrected chi connectivity index (χ1v) is 47.7. The summed E-state index contributed by atoms with van der Waals surface area (Å²) in [5, 5.41) is 19.6. The number of rotatable bonds is 15. The van der Waals surface area contributed by atoms with Gasteiger partial charge >= 0.3 is 0 Å². The molecule has 0 aliphatic heterocycles. The van der Waals surface area contributed by atoms with Gasteiger partial charge in [-0.2, -0.15) is 0 Å². The van der Waals surface area contributed by atoms with E-state index in [-0.39, 0.29) is 120 Å². The maximum atomic E-state index is 10.4. The Labute approximate surface area is 906 Å². The van der Waals surface area contributed by atoms with Crippen molar-refractivity contribution in [2.45, 2.75) is 195 Å². The SMILES string of the molecule is CC(=O)C(C)=C(C)O.CC(=O)C=C(C)O.CC(C)(C)c1ccc(-c2[c-]ccc(-c3ccccc3)c2)nc1.CC(C)(C)c1ccc(-c2[c-]cccc2)nc1.CC(C)(C)c1ccc(-c2[c-]cccc2)nc1.Cc1[c-]c(-c2cc(CC(C)C)c3cc(-c4ccccc4)ccc3n2)cc(C)c1.Cc1[c-]c(-c2cc(CC(C)C)c3cc(C)ccc3n2)cc(C)c1.Cc1ccc(-c2[c-]ccc(-c3ccccc3)c2)nc1.[Ir].[Ir].[Ir].[Ir]. The molecule has 0 saturated heterocycles. The van der Waals surface area contributed by atoms with Crippen molar-refractivity contribution in [3.8, 4) is 101 Å². The van der Waals surface area contributed by atoms with E-state index in [1.807, 2.05) is 111 Å². The number of hydrogen-bond acceptors (Lipinski definition) is 10. The van der Waals surface area contributed by atoms with Crippen molar-refractivity contribution in [3.05, 3.63) is 443 Å². The van der Waals surface area contributed by atoms with E-state index < -0.39 is 0 Å². The summed E-state index contributed by atoms with van der Waals surface area (Å²) in [5.74, 6) is 1.18. The fraction of sp³-hybridized carbons (Fsp3) is 0.240. The van der Waals surface area contributed by atoms with Crippen molar-refractivity contribution in [2.75, 3.05) is 0 Å². The van der Waals surface area contributed by atoms with Gasteiger partial charge in [0, 0.05) is 128 Å². The summed E-state index contributed by atoms with van der Waals surface area (Å²) in [5.41, 5.74) is 36.3. The Morgan fingerprint density at radius 1 is 0.322 bits per heavy atom. The number of ketones is 2. The summed E-state index contributed by atoms with van der Waals surface area (Å²) >= 11 is 0. The first-order chi connectivity index (χ1) is 66.1. The molecule has 6 heterocycles. The first-order valence-electron chi connectivity index (χ1n) is 47.7. The van der Waals surface area contributed by atoms with Crippen LogP contribution < -0.4 is 0 Å². The molecule has 0 spiro atoms. The Bertz CT molecular complexity index is 6790. The van der Waals surface area contributed by atoms with Gasteiger partial charge < -0.3 is 30.1 Å². The van der Waals surface area contributed by atoms with Gasteiger partial charge in [0.25, 0.3) is 0 Å². The number of benzene rings is 11. The van der Waals surface area contributed by atoms with Crippen molar-refractivity contribution in [1.29, 1.82) is 0 Å². The quantitative estimate of drug-likeness (QED) is 0.0576. The van der Waals surface area contributed by atoms with Crippen LogP contribution in [-0.2, 0) is 119 Å². The number of aromatic nitrogens is 6. The molecule has 746 valence electrons. The van der Waals surface area contributed by atoms with Crippen LogP contribution in [-0.4, -0.2) is 51.7 Å². The third-order valence-electron chi connectivity index (χ3n) is 22.8. The van der Waals surface area contributed by atoms with Crippen LogP contribution >= 0.6 is 0 Å². The van der Waals surface area contributed by atoms with E-state index in [0.717, 1.165) is 103 Å². The van der Waals surface area contributed by atoms with E-state index in [2.05, 4.69) is 399 Å². The summed E-state index contributed by atoms with van der Waals surface area (Å²) in [7, 11) is 0. The molecule has 0 saturated carbocycles. The van der Waals surface area contributed by atoms with Gasteiger partial charge in [-0.05, 0) is 203 Å². The molecule has 6 aromatic heterocycles. The van der Waals surface area contributed by atoms with Gasteiger partial charge in [0.2, 0.25) is 0 Å². The predicted octanol–water partition coefficient (Wildman–Crippen LogP) is 33.2. The molecular formula is C129H134Ir4N6O4-6. The van der Waals surface area contributed by atoms with Gasteiger partial charge in [-0.3, -0.25) is 19.6 Å². The summed E-state index contributed by atoms with van der Waals surface area (Å²) < 4.78 is 0. The van der Waals surface area contributed by atoms with E-state index in [1.165, 1.54) is 128 Å². The summed E-state index contributed by atoms with van der Waals surface area (Å²) in [6, 6.07) is 122. The summed E-state index contributed by atoms with van der Waals surface area (Å²) in [4.78, 5) is 48.3. The van der Waals surface area contributed by atoms with E-state index in [0.29, 0.717) is 17.4 Å². The molecule has 0 bridgehead atoms. The van der Waals surface area contributed by atoms with Crippen LogP contribution in [0.2, 0.25) is 0 Å². The van der Waals surface area contributed by atoms with Crippen LogP contribution in [0.25, 0.3) is 123 Å². The molecule has 0 fully saturated rings. The predicted molar refractivity (Wildman–Crippen MR) is 583 cm³/mol. The van der Waals surface area contributed by atoms with Gasteiger partial charge in [0.05, 0.1) is 22.6 Å². The number of allylic oxidation sites excluding steroid dienone is 4. The minimum absolute atomic E-state index is 0. The maximum absolute atomic E-state index is 10.4. The molecule has 2 N–H and O–H groups in total. The largest absolute Gasteiger partial charge is 0.512 e. The van der Waals surface area contributed by atoms with Crippen LogP contribution in [0.5, 0.6) is 0 Å². The van der Waals surface area contributed by atoms with Crippen LogP contribution in [0.3, 0.4) is 0 Å². The smallest absolute Gasteiger partial charge is 0.158 e.